The van der Waals surface area contributed by atoms with Crippen LogP contribution in [-0.2, 0) is 0 Å². The lowest BCUT2D eigenvalue weighted by molar-refractivity contribution is 0.202. The van der Waals surface area contributed by atoms with E-state index in [4.69, 9.17) is 15.1 Å². The zero-order chi connectivity index (χ0) is 12.3. The Hall–Kier alpha value is -1.64. The first-order valence-corrected chi connectivity index (χ1v) is 5.77. The standard InChI is InChI=1S/C12H9BrN2O2/c13-9-1-2-11-10(5-9)12(17-4-3-16)8(6-14)7-15-11/h1-2,5,7,16H,3-4H2. The number of aliphatic hydroxyl groups is 1. The summed E-state index contributed by atoms with van der Waals surface area (Å²) in [4.78, 5) is 4.18. The van der Waals surface area contributed by atoms with Crippen molar-refractivity contribution >= 4 is 26.8 Å². The molecular formula is C12H9BrN2O2. The molecule has 0 spiro atoms. The highest BCUT2D eigenvalue weighted by molar-refractivity contribution is 9.10. The van der Waals surface area contributed by atoms with Crippen molar-refractivity contribution in [2.24, 2.45) is 0 Å². The fourth-order valence-corrected chi connectivity index (χ4v) is 1.88. The van der Waals surface area contributed by atoms with Crippen molar-refractivity contribution in [2.45, 2.75) is 0 Å². The van der Waals surface area contributed by atoms with Gasteiger partial charge in [0.15, 0.2) is 0 Å². The van der Waals surface area contributed by atoms with Crippen LogP contribution >= 0.6 is 15.9 Å². The average molecular weight is 293 g/mol. The summed E-state index contributed by atoms with van der Waals surface area (Å²) < 4.78 is 6.30. The van der Waals surface area contributed by atoms with Crippen LogP contribution in [0.15, 0.2) is 28.9 Å². The van der Waals surface area contributed by atoms with Gasteiger partial charge in [0.25, 0.3) is 0 Å². The third-order valence-corrected chi connectivity index (χ3v) is 2.73. The van der Waals surface area contributed by atoms with E-state index in [0.29, 0.717) is 11.3 Å². The smallest absolute Gasteiger partial charge is 0.148 e. The SMILES string of the molecule is N#Cc1cnc2ccc(Br)cc2c1OCCO. The van der Waals surface area contributed by atoms with Gasteiger partial charge in [0, 0.05) is 16.1 Å². The van der Waals surface area contributed by atoms with E-state index in [9.17, 15) is 0 Å². The Morgan fingerprint density at radius 2 is 2.29 bits per heavy atom. The summed E-state index contributed by atoms with van der Waals surface area (Å²) in [7, 11) is 0. The second-order valence-electron chi connectivity index (χ2n) is 3.35. The van der Waals surface area contributed by atoms with Gasteiger partial charge >= 0.3 is 0 Å². The molecule has 1 N–H and O–H groups in total. The van der Waals surface area contributed by atoms with Crippen molar-refractivity contribution < 1.29 is 9.84 Å². The highest BCUT2D eigenvalue weighted by Crippen LogP contribution is 2.30. The number of hydrogen-bond donors (Lipinski definition) is 1. The highest BCUT2D eigenvalue weighted by Gasteiger charge is 2.10. The zero-order valence-corrected chi connectivity index (χ0v) is 10.4. The summed E-state index contributed by atoms with van der Waals surface area (Å²) in [5.74, 6) is 0.466. The molecule has 2 aromatic rings. The van der Waals surface area contributed by atoms with E-state index in [1.165, 1.54) is 6.20 Å². The quantitative estimate of drug-likeness (QED) is 0.942. The molecule has 1 aromatic carbocycles. The molecule has 17 heavy (non-hydrogen) atoms. The average Bonchev–Trinajstić information content (AvgIpc) is 2.35. The first-order valence-electron chi connectivity index (χ1n) is 4.98. The lowest BCUT2D eigenvalue weighted by atomic mass is 10.1. The van der Waals surface area contributed by atoms with Crippen LogP contribution in [0.25, 0.3) is 10.9 Å². The molecule has 0 saturated carbocycles. The van der Waals surface area contributed by atoms with Gasteiger partial charge in [-0.3, -0.25) is 4.98 Å². The second-order valence-corrected chi connectivity index (χ2v) is 4.26. The number of aromatic nitrogens is 1. The number of ether oxygens (including phenoxy) is 1. The highest BCUT2D eigenvalue weighted by atomic mass is 79.9. The maximum Gasteiger partial charge on any atom is 0.148 e. The molecule has 0 aliphatic carbocycles. The number of pyridine rings is 1. The van der Waals surface area contributed by atoms with Crippen molar-refractivity contribution in [3.63, 3.8) is 0 Å². The van der Waals surface area contributed by atoms with Gasteiger partial charge in [0.2, 0.25) is 0 Å². The lowest BCUT2D eigenvalue weighted by Gasteiger charge is -2.09. The van der Waals surface area contributed by atoms with Gasteiger partial charge < -0.3 is 9.84 Å². The van der Waals surface area contributed by atoms with E-state index in [0.717, 1.165) is 15.4 Å². The Morgan fingerprint density at radius 3 is 3.00 bits per heavy atom. The van der Waals surface area contributed by atoms with Gasteiger partial charge in [-0.05, 0) is 18.2 Å². The van der Waals surface area contributed by atoms with Gasteiger partial charge in [-0.25, -0.2) is 0 Å². The summed E-state index contributed by atoms with van der Waals surface area (Å²) in [5.41, 5.74) is 1.11. The number of aliphatic hydroxyl groups excluding tert-OH is 1. The van der Waals surface area contributed by atoms with Crippen LogP contribution in [0.4, 0.5) is 0 Å². The maximum atomic E-state index is 9.00. The van der Waals surface area contributed by atoms with Gasteiger partial charge in [0.1, 0.15) is 24.0 Å². The van der Waals surface area contributed by atoms with E-state index in [2.05, 4.69) is 20.9 Å². The van der Waals surface area contributed by atoms with E-state index in [1.807, 2.05) is 24.3 Å². The number of rotatable bonds is 3. The van der Waals surface area contributed by atoms with E-state index >= 15 is 0 Å². The van der Waals surface area contributed by atoms with Crippen molar-refractivity contribution in [3.8, 4) is 11.8 Å². The monoisotopic (exact) mass is 292 g/mol. The van der Waals surface area contributed by atoms with Crippen LogP contribution < -0.4 is 4.74 Å². The van der Waals surface area contributed by atoms with Crippen molar-refractivity contribution in [3.05, 3.63) is 34.4 Å². The molecule has 0 radical (unpaired) electrons. The largest absolute Gasteiger partial charge is 0.489 e. The summed E-state index contributed by atoms with van der Waals surface area (Å²) in [6.07, 6.45) is 1.48. The van der Waals surface area contributed by atoms with E-state index in [-0.39, 0.29) is 13.2 Å². The minimum Gasteiger partial charge on any atom is -0.489 e. The number of benzene rings is 1. The second kappa shape index (κ2) is 5.13. The molecule has 1 heterocycles. The zero-order valence-electron chi connectivity index (χ0n) is 8.85. The van der Waals surface area contributed by atoms with Crippen molar-refractivity contribution in [1.29, 1.82) is 5.26 Å². The van der Waals surface area contributed by atoms with Gasteiger partial charge in [0.05, 0.1) is 12.1 Å². The molecule has 1 aromatic heterocycles. The molecule has 2 rings (SSSR count). The summed E-state index contributed by atoms with van der Waals surface area (Å²) in [6.45, 7) is 0.0585. The van der Waals surface area contributed by atoms with Crippen molar-refractivity contribution in [1.82, 2.24) is 4.98 Å². The molecule has 4 nitrogen and oxygen atoms in total. The number of halogens is 1. The minimum absolute atomic E-state index is 0.0946. The Bertz CT molecular complexity index is 593. The molecule has 0 aliphatic rings. The predicted octanol–water partition coefficient (Wildman–Crippen LogP) is 2.24. The Balaban J connectivity index is 2.64. The number of nitrogens with zero attached hydrogens (tertiary/aromatic N) is 2. The molecule has 0 amide bonds. The third-order valence-electron chi connectivity index (χ3n) is 2.24. The predicted molar refractivity (Wildman–Crippen MR) is 66.7 cm³/mol. The summed E-state index contributed by atoms with van der Waals surface area (Å²) >= 11 is 3.37. The van der Waals surface area contributed by atoms with E-state index < -0.39 is 0 Å². The van der Waals surface area contributed by atoms with Crippen LogP contribution in [0.1, 0.15) is 5.56 Å². The fourth-order valence-electron chi connectivity index (χ4n) is 1.52. The first kappa shape index (κ1) is 11.8. The van der Waals surface area contributed by atoms with Crippen LogP contribution in [0.5, 0.6) is 5.75 Å². The van der Waals surface area contributed by atoms with Crippen LogP contribution in [0.3, 0.4) is 0 Å². The molecule has 0 fully saturated rings. The first-order chi connectivity index (χ1) is 8.26. The van der Waals surface area contributed by atoms with Gasteiger partial charge in [-0.2, -0.15) is 5.26 Å². The molecule has 0 saturated heterocycles. The third kappa shape index (κ3) is 2.38. The topological polar surface area (TPSA) is 66.1 Å². The minimum atomic E-state index is -0.0946. The Labute approximate surface area is 107 Å². The molecule has 0 aliphatic heterocycles. The summed E-state index contributed by atoms with van der Waals surface area (Å²) in [6, 6.07) is 7.59. The number of fused-ring (bicyclic) bond motifs is 1. The Morgan fingerprint density at radius 1 is 1.47 bits per heavy atom. The summed E-state index contributed by atoms with van der Waals surface area (Å²) in [5, 5.41) is 18.5. The normalized spacial score (nSPS) is 10.2. The van der Waals surface area contributed by atoms with E-state index in [1.54, 1.807) is 0 Å². The Kier molecular flexibility index (Phi) is 3.57. The molecule has 5 heteroatoms. The van der Waals surface area contributed by atoms with Gasteiger partial charge in [-0.1, -0.05) is 15.9 Å². The maximum absolute atomic E-state index is 9.00. The number of nitriles is 1. The fraction of sp³-hybridized carbons (Fsp3) is 0.167. The number of hydrogen-bond acceptors (Lipinski definition) is 4. The molecule has 0 bridgehead atoms. The molecule has 0 unspecified atom stereocenters. The molecule has 0 atom stereocenters. The van der Waals surface area contributed by atoms with Crippen LogP contribution in [0, 0.1) is 11.3 Å². The van der Waals surface area contributed by atoms with Crippen LogP contribution in [-0.4, -0.2) is 23.3 Å². The van der Waals surface area contributed by atoms with Crippen molar-refractivity contribution in [2.75, 3.05) is 13.2 Å². The van der Waals surface area contributed by atoms with Gasteiger partial charge in [-0.15, -0.1) is 0 Å². The van der Waals surface area contributed by atoms with Crippen LogP contribution in [0.2, 0.25) is 0 Å². The lowest BCUT2D eigenvalue weighted by Crippen LogP contribution is -2.04. The molecular weight excluding hydrogens is 284 g/mol. The molecule has 86 valence electrons.